The summed E-state index contributed by atoms with van der Waals surface area (Å²) in [6, 6.07) is 3.98. The minimum Gasteiger partial charge on any atom is -0.321 e. The van der Waals surface area contributed by atoms with E-state index in [1.54, 1.807) is 6.20 Å². The summed E-state index contributed by atoms with van der Waals surface area (Å²) in [6.45, 7) is 0. The highest BCUT2D eigenvalue weighted by Gasteiger charge is 2.39. The average Bonchev–Trinajstić information content (AvgIpc) is 2.70. The predicted octanol–water partition coefficient (Wildman–Crippen LogP) is 2.21. The van der Waals surface area contributed by atoms with E-state index in [9.17, 15) is 0 Å². The summed E-state index contributed by atoms with van der Waals surface area (Å²) >= 11 is 3.32. The van der Waals surface area contributed by atoms with Gasteiger partial charge in [-0.2, -0.15) is 0 Å². The van der Waals surface area contributed by atoms with Crippen molar-refractivity contribution in [2.75, 3.05) is 0 Å². The van der Waals surface area contributed by atoms with Crippen molar-refractivity contribution < 1.29 is 0 Å². The molecule has 1 aliphatic carbocycles. The summed E-state index contributed by atoms with van der Waals surface area (Å²) in [5.41, 5.74) is 7.15. The zero-order valence-corrected chi connectivity index (χ0v) is 8.86. The van der Waals surface area contributed by atoms with Gasteiger partial charge in [0, 0.05) is 11.7 Å². The fourth-order valence-electron chi connectivity index (χ4n) is 1.14. The van der Waals surface area contributed by atoms with Crippen LogP contribution in [0.25, 0.3) is 0 Å². The first-order valence-electron chi connectivity index (χ1n) is 3.62. The first-order chi connectivity index (χ1) is 5.21. The number of hydrogen-bond acceptors (Lipinski definition) is 2. The van der Waals surface area contributed by atoms with Gasteiger partial charge in [-0.05, 0) is 46.5 Å². The standard InChI is InChI=1S/C8H9BrN2.ClH/c9-7-5-6(1-4-11-7)8(10)2-3-8;/h1,4-5H,2-3,10H2;1H. The molecule has 0 saturated heterocycles. The first kappa shape index (κ1) is 9.96. The molecule has 0 aromatic carbocycles. The van der Waals surface area contributed by atoms with Crippen LogP contribution in [0, 0.1) is 0 Å². The van der Waals surface area contributed by atoms with Crippen LogP contribution in [0.3, 0.4) is 0 Å². The van der Waals surface area contributed by atoms with E-state index in [4.69, 9.17) is 5.73 Å². The quantitative estimate of drug-likeness (QED) is 0.775. The molecular formula is C8H10BrClN2. The molecular weight excluding hydrogens is 239 g/mol. The maximum atomic E-state index is 5.99. The summed E-state index contributed by atoms with van der Waals surface area (Å²) in [5.74, 6) is 0. The molecule has 12 heavy (non-hydrogen) atoms. The van der Waals surface area contributed by atoms with Crippen LogP contribution in [0.1, 0.15) is 18.4 Å². The summed E-state index contributed by atoms with van der Waals surface area (Å²) in [5, 5.41) is 0. The number of halogens is 2. The lowest BCUT2D eigenvalue weighted by Gasteiger charge is -2.07. The van der Waals surface area contributed by atoms with Crippen LogP contribution in [0.15, 0.2) is 22.9 Å². The molecule has 0 unspecified atom stereocenters. The summed E-state index contributed by atoms with van der Waals surface area (Å²) in [6.07, 6.45) is 3.99. The fourth-order valence-corrected chi connectivity index (χ4v) is 1.50. The Bertz CT molecular complexity index is 286. The Morgan fingerprint density at radius 1 is 1.50 bits per heavy atom. The molecule has 0 bridgehead atoms. The molecule has 0 amide bonds. The zero-order chi connectivity index (χ0) is 7.90. The highest BCUT2D eigenvalue weighted by Crippen LogP contribution is 2.42. The molecule has 1 saturated carbocycles. The maximum Gasteiger partial charge on any atom is 0.106 e. The molecule has 1 aliphatic rings. The topological polar surface area (TPSA) is 38.9 Å². The molecule has 2 rings (SSSR count). The third-order valence-corrected chi connectivity index (χ3v) is 2.52. The lowest BCUT2D eigenvalue weighted by atomic mass is 10.1. The van der Waals surface area contributed by atoms with Crippen LogP contribution in [-0.2, 0) is 5.54 Å². The summed E-state index contributed by atoms with van der Waals surface area (Å²) in [7, 11) is 0. The molecule has 0 aliphatic heterocycles. The summed E-state index contributed by atoms with van der Waals surface area (Å²) in [4.78, 5) is 4.04. The van der Waals surface area contributed by atoms with Gasteiger partial charge < -0.3 is 5.73 Å². The van der Waals surface area contributed by atoms with Gasteiger partial charge in [0.15, 0.2) is 0 Å². The predicted molar refractivity (Wildman–Crippen MR) is 54.3 cm³/mol. The number of aromatic nitrogens is 1. The van der Waals surface area contributed by atoms with Gasteiger partial charge in [-0.25, -0.2) is 4.98 Å². The van der Waals surface area contributed by atoms with Crippen molar-refractivity contribution in [1.82, 2.24) is 4.98 Å². The molecule has 2 N–H and O–H groups in total. The van der Waals surface area contributed by atoms with Crippen molar-refractivity contribution in [3.8, 4) is 0 Å². The van der Waals surface area contributed by atoms with Gasteiger partial charge in [-0.3, -0.25) is 0 Å². The number of rotatable bonds is 1. The van der Waals surface area contributed by atoms with E-state index in [0.717, 1.165) is 17.4 Å². The Hall–Kier alpha value is -0.120. The molecule has 0 radical (unpaired) electrons. The van der Waals surface area contributed by atoms with Gasteiger partial charge in [-0.1, -0.05) is 0 Å². The molecule has 0 spiro atoms. The third-order valence-electron chi connectivity index (χ3n) is 2.09. The van der Waals surface area contributed by atoms with E-state index in [1.165, 1.54) is 5.56 Å². The monoisotopic (exact) mass is 248 g/mol. The van der Waals surface area contributed by atoms with E-state index in [-0.39, 0.29) is 17.9 Å². The SMILES string of the molecule is Cl.NC1(c2ccnc(Br)c2)CC1. The van der Waals surface area contributed by atoms with E-state index in [2.05, 4.69) is 20.9 Å². The van der Waals surface area contributed by atoms with Crippen molar-refractivity contribution in [3.63, 3.8) is 0 Å². The second-order valence-corrected chi connectivity index (χ2v) is 3.84. The molecule has 1 heterocycles. The van der Waals surface area contributed by atoms with Gasteiger partial charge in [0.05, 0.1) is 0 Å². The summed E-state index contributed by atoms with van der Waals surface area (Å²) < 4.78 is 0.867. The minimum absolute atomic E-state index is 0. The Morgan fingerprint density at radius 2 is 2.17 bits per heavy atom. The fraction of sp³-hybridized carbons (Fsp3) is 0.375. The van der Waals surface area contributed by atoms with Gasteiger partial charge in [0.2, 0.25) is 0 Å². The highest BCUT2D eigenvalue weighted by molar-refractivity contribution is 9.10. The lowest BCUT2D eigenvalue weighted by molar-refractivity contribution is 0.737. The van der Waals surface area contributed by atoms with Gasteiger partial charge in [-0.15, -0.1) is 12.4 Å². The van der Waals surface area contributed by atoms with Crippen LogP contribution < -0.4 is 5.73 Å². The largest absolute Gasteiger partial charge is 0.321 e. The molecule has 2 nitrogen and oxygen atoms in total. The third kappa shape index (κ3) is 1.79. The van der Waals surface area contributed by atoms with E-state index in [0.29, 0.717) is 0 Å². The van der Waals surface area contributed by atoms with Crippen molar-refractivity contribution in [3.05, 3.63) is 28.5 Å². The second kappa shape index (κ2) is 3.32. The Kier molecular flexibility index (Phi) is 2.76. The normalized spacial score (nSPS) is 18.2. The van der Waals surface area contributed by atoms with E-state index in [1.807, 2.05) is 12.1 Å². The van der Waals surface area contributed by atoms with Crippen molar-refractivity contribution in [2.24, 2.45) is 5.73 Å². The first-order valence-corrected chi connectivity index (χ1v) is 4.41. The van der Waals surface area contributed by atoms with Gasteiger partial charge in [0.25, 0.3) is 0 Å². The van der Waals surface area contributed by atoms with Crippen LogP contribution in [0.5, 0.6) is 0 Å². The van der Waals surface area contributed by atoms with Crippen molar-refractivity contribution in [1.29, 1.82) is 0 Å². The number of hydrogen-bond donors (Lipinski definition) is 1. The van der Waals surface area contributed by atoms with E-state index >= 15 is 0 Å². The average molecular weight is 250 g/mol. The molecule has 0 atom stereocenters. The molecule has 1 fully saturated rings. The second-order valence-electron chi connectivity index (χ2n) is 3.02. The van der Waals surface area contributed by atoms with Crippen LogP contribution in [-0.4, -0.2) is 4.98 Å². The van der Waals surface area contributed by atoms with Crippen molar-refractivity contribution >= 4 is 28.3 Å². The van der Waals surface area contributed by atoms with Gasteiger partial charge in [0.1, 0.15) is 4.60 Å². The maximum absolute atomic E-state index is 5.99. The zero-order valence-electron chi connectivity index (χ0n) is 6.46. The number of pyridine rings is 1. The Morgan fingerprint density at radius 3 is 2.67 bits per heavy atom. The smallest absolute Gasteiger partial charge is 0.106 e. The van der Waals surface area contributed by atoms with Crippen molar-refractivity contribution in [2.45, 2.75) is 18.4 Å². The Balaban J connectivity index is 0.000000720. The molecule has 4 heteroatoms. The molecule has 1 aromatic heterocycles. The van der Waals surface area contributed by atoms with E-state index < -0.39 is 0 Å². The van der Waals surface area contributed by atoms with Gasteiger partial charge >= 0.3 is 0 Å². The minimum atomic E-state index is -0.0363. The van der Waals surface area contributed by atoms with Crippen LogP contribution in [0.4, 0.5) is 0 Å². The number of nitrogens with zero attached hydrogens (tertiary/aromatic N) is 1. The molecule has 1 aromatic rings. The van der Waals surface area contributed by atoms with Crippen LogP contribution >= 0.6 is 28.3 Å². The Labute approximate surface area is 86.1 Å². The lowest BCUT2D eigenvalue weighted by Crippen LogP contribution is -2.18. The van der Waals surface area contributed by atoms with Crippen LogP contribution in [0.2, 0.25) is 0 Å². The highest BCUT2D eigenvalue weighted by atomic mass is 79.9. The number of nitrogens with two attached hydrogens (primary N) is 1. The molecule has 66 valence electrons.